The maximum Gasteiger partial charge on any atom is 0.345 e. The maximum absolute atomic E-state index is 12.0. The number of ketones is 1. The Morgan fingerprint density at radius 3 is 2.68 bits per heavy atom. The lowest BCUT2D eigenvalue weighted by molar-refractivity contribution is 0.0590. The third-order valence-electron chi connectivity index (χ3n) is 3.39. The van der Waals surface area contributed by atoms with E-state index in [0.717, 1.165) is 5.56 Å². The zero-order valence-corrected chi connectivity index (χ0v) is 12.0. The molecule has 0 aliphatic carbocycles. The fraction of sp³-hybridized carbons (Fsp3) is 0.176. The standard InChI is InChI=1S/C17H14O5/c1-20-17(19)15-14(21-9-11-5-3-2-4-6-11)8-7-12-13(18)10-22-16(12)15/h2-8H,9-10H2,1H3. The molecule has 2 aromatic carbocycles. The minimum Gasteiger partial charge on any atom is -0.488 e. The summed E-state index contributed by atoms with van der Waals surface area (Å²) in [5.41, 5.74) is 1.50. The predicted octanol–water partition coefficient (Wildman–Crippen LogP) is 2.63. The van der Waals surface area contributed by atoms with Crippen LogP contribution in [0.1, 0.15) is 26.3 Å². The Morgan fingerprint density at radius 2 is 1.95 bits per heavy atom. The Balaban J connectivity index is 1.94. The van der Waals surface area contributed by atoms with Crippen molar-refractivity contribution in [2.45, 2.75) is 6.61 Å². The molecule has 0 unspecified atom stereocenters. The molecule has 5 heteroatoms. The molecular formula is C17H14O5. The van der Waals surface area contributed by atoms with Gasteiger partial charge in [-0.2, -0.15) is 0 Å². The number of hydrogen-bond donors (Lipinski definition) is 0. The number of hydrogen-bond acceptors (Lipinski definition) is 5. The van der Waals surface area contributed by atoms with E-state index in [1.165, 1.54) is 7.11 Å². The number of rotatable bonds is 4. The van der Waals surface area contributed by atoms with Crippen LogP contribution in [0.5, 0.6) is 11.5 Å². The number of esters is 1. The molecule has 1 aliphatic rings. The van der Waals surface area contributed by atoms with Gasteiger partial charge in [0.1, 0.15) is 23.7 Å². The molecule has 0 N–H and O–H groups in total. The SMILES string of the molecule is COC(=O)c1c(OCc2ccccc2)ccc2c1OCC2=O. The first kappa shape index (κ1) is 14.1. The van der Waals surface area contributed by atoms with Crippen LogP contribution in [0.4, 0.5) is 0 Å². The van der Waals surface area contributed by atoms with Crippen molar-refractivity contribution >= 4 is 11.8 Å². The number of fused-ring (bicyclic) bond motifs is 1. The summed E-state index contributed by atoms with van der Waals surface area (Å²) in [6.07, 6.45) is 0. The topological polar surface area (TPSA) is 61.8 Å². The Labute approximate surface area is 127 Å². The van der Waals surface area contributed by atoms with Crippen molar-refractivity contribution in [2.75, 3.05) is 13.7 Å². The number of carbonyl (C=O) groups is 2. The lowest BCUT2D eigenvalue weighted by Crippen LogP contribution is -2.08. The fourth-order valence-corrected chi connectivity index (χ4v) is 2.30. The maximum atomic E-state index is 12.0. The molecule has 22 heavy (non-hydrogen) atoms. The van der Waals surface area contributed by atoms with Crippen molar-refractivity contribution in [2.24, 2.45) is 0 Å². The van der Waals surface area contributed by atoms with Gasteiger partial charge in [0.15, 0.2) is 6.61 Å². The Hall–Kier alpha value is -2.82. The van der Waals surface area contributed by atoms with Crippen molar-refractivity contribution in [1.29, 1.82) is 0 Å². The first-order valence-corrected chi connectivity index (χ1v) is 6.78. The first-order valence-electron chi connectivity index (χ1n) is 6.78. The number of benzene rings is 2. The molecule has 112 valence electrons. The molecule has 0 saturated carbocycles. The molecule has 5 nitrogen and oxygen atoms in total. The van der Waals surface area contributed by atoms with Crippen LogP contribution >= 0.6 is 0 Å². The summed E-state index contributed by atoms with van der Waals surface area (Å²) in [5, 5.41) is 0. The average Bonchev–Trinajstić information content (AvgIpc) is 2.94. The minimum atomic E-state index is -0.588. The monoisotopic (exact) mass is 298 g/mol. The smallest absolute Gasteiger partial charge is 0.345 e. The largest absolute Gasteiger partial charge is 0.488 e. The fourth-order valence-electron chi connectivity index (χ4n) is 2.30. The van der Waals surface area contributed by atoms with Crippen molar-refractivity contribution < 1.29 is 23.8 Å². The number of Topliss-reactive ketones (excluding diaryl/α,β-unsaturated/α-hetero) is 1. The summed E-state index contributed by atoms with van der Waals surface area (Å²) in [6, 6.07) is 12.8. The molecule has 0 aromatic heterocycles. The van der Waals surface area contributed by atoms with Crippen LogP contribution in [-0.2, 0) is 11.3 Å². The van der Waals surface area contributed by atoms with Gasteiger partial charge in [-0.3, -0.25) is 4.79 Å². The van der Waals surface area contributed by atoms with Crippen LogP contribution in [0, 0.1) is 0 Å². The van der Waals surface area contributed by atoms with Gasteiger partial charge < -0.3 is 14.2 Å². The Bertz CT molecular complexity index is 721. The lowest BCUT2D eigenvalue weighted by Gasteiger charge is -2.13. The summed E-state index contributed by atoms with van der Waals surface area (Å²) in [7, 11) is 1.28. The van der Waals surface area contributed by atoms with Crippen molar-refractivity contribution in [3.63, 3.8) is 0 Å². The van der Waals surface area contributed by atoms with Gasteiger partial charge in [-0.1, -0.05) is 30.3 Å². The second kappa shape index (κ2) is 5.89. The van der Waals surface area contributed by atoms with Gasteiger partial charge in [0.05, 0.1) is 12.7 Å². The van der Waals surface area contributed by atoms with Crippen LogP contribution in [-0.4, -0.2) is 25.5 Å². The van der Waals surface area contributed by atoms with Crippen LogP contribution in [0.25, 0.3) is 0 Å². The molecule has 1 heterocycles. The van der Waals surface area contributed by atoms with Crippen molar-refractivity contribution in [1.82, 2.24) is 0 Å². The van der Waals surface area contributed by atoms with E-state index in [1.54, 1.807) is 12.1 Å². The quantitative estimate of drug-likeness (QED) is 0.812. The number of carbonyl (C=O) groups excluding carboxylic acids is 2. The van der Waals surface area contributed by atoms with Crippen LogP contribution in [0.2, 0.25) is 0 Å². The molecule has 0 fully saturated rings. The second-order valence-electron chi connectivity index (χ2n) is 4.79. The number of ether oxygens (including phenoxy) is 3. The third kappa shape index (κ3) is 2.53. The average molecular weight is 298 g/mol. The summed E-state index contributed by atoms with van der Waals surface area (Å²) in [5.74, 6) is -0.170. The van der Waals surface area contributed by atoms with Crippen LogP contribution in [0.3, 0.4) is 0 Å². The van der Waals surface area contributed by atoms with Gasteiger partial charge in [-0.05, 0) is 17.7 Å². The van der Waals surface area contributed by atoms with Gasteiger partial charge in [-0.15, -0.1) is 0 Å². The van der Waals surface area contributed by atoms with E-state index in [1.807, 2.05) is 30.3 Å². The van der Waals surface area contributed by atoms with E-state index in [2.05, 4.69) is 0 Å². The molecule has 0 radical (unpaired) electrons. The zero-order chi connectivity index (χ0) is 15.5. The molecular weight excluding hydrogens is 284 g/mol. The highest BCUT2D eigenvalue weighted by atomic mass is 16.5. The van der Waals surface area contributed by atoms with E-state index < -0.39 is 5.97 Å². The lowest BCUT2D eigenvalue weighted by atomic mass is 10.1. The minimum absolute atomic E-state index is 0.0680. The first-order chi connectivity index (χ1) is 10.7. The second-order valence-corrected chi connectivity index (χ2v) is 4.79. The van der Waals surface area contributed by atoms with Crippen LogP contribution in [0.15, 0.2) is 42.5 Å². The van der Waals surface area contributed by atoms with Gasteiger partial charge in [0.25, 0.3) is 0 Å². The number of methoxy groups -OCH3 is 1. The molecule has 2 aromatic rings. The van der Waals surface area contributed by atoms with E-state index in [0.29, 0.717) is 17.9 Å². The molecule has 0 saturated heterocycles. The highest BCUT2D eigenvalue weighted by Crippen LogP contribution is 2.36. The van der Waals surface area contributed by atoms with Gasteiger partial charge in [0, 0.05) is 0 Å². The van der Waals surface area contributed by atoms with Crippen molar-refractivity contribution in [3.05, 3.63) is 59.2 Å². The third-order valence-corrected chi connectivity index (χ3v) is 3.39. The van der Waals surface area contributed by atoms with E-state index in [9.17, 15) is 9.59 Å². The van der Waals surface area contributed by atoms with E-state index >= 15 is 0 Å². The van der Waals surface area contributed by atoms with Gasteiger partial charge in [0.2, 0.25) is 5.78 Å². The summed E-state index contributed by atoms with van der Waals surface area (Å²) >= 11 is 0. The highest BCUT2D eigenvalue weighted by molar-refractivity contribution is 6.07. The zero-order valence-electron chi connectivity index (χ0n) is 12.0. The highest BCUT2D eigenvalue weighted by Gasteiger charge is 2.30. The molecule has 0 spiro atoms. The molecule has 0 atom stereocenters. The predicted molar refractivity (Wildman–Crippen MR) is 78.4 cm³/mol. The summed E-state index contributed by atoms with van der Waals surface area (Å²) in [4.78, 5) is 23.7. The molecule has 0 bridgehead atoms. The van der Waals surface area contributed by atoms with E-state index in [4.69, 9.17) is 14.2 Å². The Morgan fingerprint density at radius 1 is 1.18 bits per heavy atom. The molecule has 1 aliphatic heterocycles. The summed E-state index contributed by atoms with van der Waals surface area (Å²) in [6.45, 7) is 0.235. The molecule has 3 rings (SSSR count). The van der Waals surface area contributed by atoms with Gasteiger partial charge >= 0.3 is 5.97 Å². The van der Waals surface area contributed by atoms with Crippen molar-refractivity contribution in [3.8, 4) is 11.5 Å². The molecule has 0 amide bonds. The normalized spacial score (nSPS) is 12.5. The summed E-state index contributed by atoms with van der Waals surface area (Å²) < 4.78 is 15.8. The van der Waals surface area contributed by atoms with Gasteiger partial charge in [-0.25, -0.2) is 4.79 Å². The Kier molecular flexibility index (Phi) is 3.78. The van der Waals surface area contributed by atoms with E-state index in [-0.39, 0.29) is 23.7 Å². The van der Waals surface area contributed by atoms with Crippen LogP contribution < -0.4 is 9.47 Å².